The van der Waals surface area contributed by atoms with E-state index < -0.39 is 11.8 Å². The van der Waals surface area contributed by atoms with Gasteiger partial charge in [-0.25, -0.2) is 0 Å². The van der Waals surface area contributed by atoms with Gasteiger partial charge in [-0.1, -0.05) is 12.1 Å². The lowest BCUT2D eigenvalue weighted by molar-refractivity contribution is -0.121. The van der Waals surface area contributed by atoms with Gasteiger partial charge in [0.2, 0.25) is 11.7 Å². The van der Waals surface area contributed by atoms with Crippen molar-refractivity contribution in [3.05, 3.63) is 52.6 Å². The summed E-state index contributed by atoms with van der Waals surface area (Å²) in [5.41, 5.74) is 7.63. The number of carbonyl (C=O) groups excluding carboxylic acids is 3. The first kappa shape index (κ1) is 25.7. The Hall–Kier alpha value is -3.55. The van der Waals surface area contributed by atoms with Crippen molar-refractivity contribution in [1.29, 1.82) is 0 Å². The topological polar surface area (TPSA) is 103 Å². The molecule has 0 saturated carbocycles. The lowest BCUT2D eigenvalue weighted by Crippen LogP contribution is -2.41. The SMILES string of the molecule is CCOc1cc(C(=O)NNC(=O)CCC(=O)c2ccc(C)c(C)c2)cc(OCC)c1OCC. The second kappa shape index (κ2) is 12.5. The Morgan fingerprint density at radius 2 is 1.33 bits per heavy atom. The Bertz CT molecular complexity index is 975. The molecule has 2 rings (SSSR count). The monoisotopic (exact) mass is 456 g/mol. The number of hydrazine groups is 1. The summed E-state index contributed by atoms with van der Waals surface area (Å²) in [7, 11) is 0. The second-order valence-electron chi connectivity index (χ2n) is 7.33. The Balaban J connectivity index is 2.00. The summed E-state index contributed by atoms with van der Waals surface area (Å²) in [6, 6.07) is 8.51. The lowest BCUT2D eigenvalue weighted by Gasteiger charge is -2.17. The van der Waals surface area contributed by atoms with Crippen LogP contribution < -0.4 is 25.1 Å². The molecule has 0 aromatic heterocycles. The number of aryl methyl sites for hydroxylation is 2. The van der Waals surface area contributed by atoms with Gasteiger partial charge in [0.25, 0.3) is 5.91 Å². The number of rotatable bonds is 11. The number of ketones is 1. The van der Waals surface area contributed by atoms with Crippen molar-refractivity contribution in [1.82, 2.24) is 10.9 Å². The molecule has 0 heterocycles. The molecule has 0 bridgehead atoms. The molecule has 0 atom stereocenters. The van der Waals surface area contributed by atoms with Crippen LogP contribution in [0.2, 0.25) is 0 Å². The van der Waals surface area contributed by atoms with Gasteiger partial charge in [-0.3, -0.25) is 25.2 Å². The lowest BCUT2D eigenvalue weighted by atomic mass is 10.0. The van der Waals surface area contributed by atoms with E-state index in [1.54, 1.807) is 6.07 Å². The van der Waals surface area contributed by atoms with E-state index in [0.717, 1.165) is 11.1 Å². The minimum absolute atomic E-state index is 0.0379. The molecular formula is C25H32N2O6. The molecule has 0 unspecified atom stereocenters. The second-order valence-corrected chi connectivity index (χ2v) is 7.33. The number of hydrogen-bond donors (Lipinski definition) is 2. The quantitative estimate of drug-likeness (QED) is 0.392. The highest BCUT2D eigenvalue weighted by Gasteiger charge is 2.19. The molecule has 0 fully saturated rings. The number of hydrogen-bond acceptors (Lipinski definition) is 6. The molecule has 0 aliphatic rings. The molecule has 2 aromatic rings. The third-order valence-electron chi connectivity index (χ3n) is 4.89. The minimum atomic E-state index is -0.547. The van der Waals surface area contributed by atoms with E-state index in [2.05, 4.69) is 10.9 Å². The third kappa shape index (κ3) is 7.24. The standard InChI is InChI=1S/C25H32N2O6/c1-6-31-21-14-19(15-22(32-7-2)24(21)33-8-3)25(30)27-26-23(29)12-11-20(28)18-10-9-16(4)17(5)13-18/h9-10,13-15H,6-8,11-12H2,1-5H3,(H,26,29)(H,27,30). The summed E-state index contributed by atoms with van der Waals surface area (Å²) in [5.74, 6) is 0.0253. The summed E-state index contributed by atoms with van der Waals surface area (Å²) >= 11 is 0. The van der Waals surface area contributed by atoms with Crippen LogP contribution in [0.3, 0.4) is 0 Å². The summed E-state index contributed by atoms with van der Waals surface area (Å²) in [5, 5.41) is 0. The highest BCUT2D eigenvalue weighted by atomic mass is 16.5. The van der Waals surface area contributed by atoms with Crippen LogP contribution in [0.25, 0.3) is 0 Å². The average molecular weight is 457 g/mol. The highest BCUT2D eigenvalue weighted by molar-refractivity contribution is 5.99. The van der Waals surface area contributed by atoms with Crippen LogP contribution in [0, 0.1) is 13.8 Å². The molecule has 2 aromatic carbocycles. The molecule has 0 aliphatic carbocycles. The number of carbonyl (C=O) groups is 3. The predicted molar refractivity (Wildman–Crippen MR) is 125 cm³/mol. The Kier molecular flexibility index (Phi) is 9.72. The van der Waals surface area contributed by atoms with Gasteiger partial charge in [0.15, 0.2) is 17.3 Å². The van der Waals surface area contributed by atoms with E-state index in [-0.39, 0.29) is 24.2 Å². The zero-order chi connectivity index (χ0) is 24.4. The number of benzene rings is 2. The van der Waals surface area contributed by atoms with Crippen molar-refractivity contribution >= 4 is 17.6 Å². The highest BCUT2D eigenvalue weighted by Crippen LogP contribution is 2.39. The Labute approximate surface area is 194 Å². The van der Waals surface area contributed by atoms with Crippen LogP contribution in [0.5, 0.6) is 17.2 Å². The molecule has 178 valence electrons. The van der Waals surface area contributed by atoms with Gasteiger partial charge in [-0.05, 0) is 63.9 Å². The molecule has 2 N–H and O–H groups in total. The first-order chi connectivity index (χ1) is 15.8. The summed E-state index contributed by atoms with van der Waals surface area (Å²) in [6.07, 6.45) is -0.0139. The summed E-state index contributed by atoms with van der Waals surface area (Å²) in [6.45, 7) is 10.5. The number of amides is 2. The molecule has 0 saturated heterocycles. The number of ether oxygens (including phenoxy) is 3. The van der Waals surface area contributed by atoms with Crippen LogP contribution in [-0.4, -0.2) is 37.4 Å². The van der Waals surface area contributed by atoms with Crippen molar-refractivity contribution < 1.29 is 28.6 Å². The molecule has 2 amide bonds. The van der Waals surface area contributed by atoms with Gasteiger partial charge in [-0.2, -0.15) is 0 Å². The van der Waals surface area contributed by atoms with Crippen LogP contribution >= 0.6 is 0 Å². The van der Waals surface area contributed by atoms with Crippen LogP contribution in [-0.2, 0) is 4.79 Å². The number of nitrogens with one attached hydrogen (secondary N) is 2. The molecule has 33 heavy (non-hydrogen) atoms. The molecule has 0 aliphatic heterocycles. The Morgan fingerprint density at radius 3 is 1.88 bits per heavy atom. The van der Waals surface area contributed by atoms with Crippen molar-refractivity contribution in [2.75, 3.05) is 19.8 Å². The predicted octanol–water partition coefficient (Wildman–Crippen LogP) is 3.92. The number of Topliss-reactive ketones (excluding diaryl/α,β-unsaturated/α-hetero) is 1. The fourth-order valence-corrected chi connectivity index (χ4v) is 3.07. The van der Waals surface area contributed by atoms with Gasteiger partial charge in [0.1, 0.15) is 0 Å². The van der Waals surface area contributed by atoms with E-state index >= 15 is 0 Å². The maximum Gasteiger partial charge on any atom is 0.269 e. The van der Waals surface area contributed by atoms with Gasteiger partial charge in [-0.15, -0.1) is 0 Å². The molecule has 0 radical (unpaired) electrons. The largest absolute Gasteiger partial charge is 0.490 e. The first-order valence-corrected chi connectivity index (χ1v) is 11.1. The molecule has 0 spiro atoms. The van der Waals surface area contributed by atoms with E-state index in [0.29, 0.717) is 42.6 Å². The van der Waals surface area contributed by atoms with Crippen LogP contribution in [0.15, 0.2) is 30.3 Å². The van der Waals surface area contributed by atoms with Gasteiger partial charge in [0.05, 0.1) is 19.8 Å². The van der Waals surface area contributed by atoms with Crippen molar-refractivity contribution in [3.8, 4) is 17.2 Å². The first-order valence-electron chi connectivity index (χ1n) is 11.1. The normalized spacial score (nSPS) is 10.3. The maximum absolute atomic E-state index is 12.6. The fraction of sp³-hybridized carbons (Fsp3) is 0.400. The van der Waals surface area contributed by atoms with Crippen molar-refractivity contribution in [3.63, 3.8) is 0 Å². The van der Waals surface area contributed by atoms with Gasteiger partial charge < -0.3 is 14.2 Å². The van der Waals surface area contributed by atoms with E-state index in [9.17, 15) is 14.4 Å². The zero-order valence-corrected chi connectivity index (χ0v) is 19.9. The third-order valence-corrected chi connectivity index (χ3v) is 4.89. The van der Waals surface area contributed by atoms with Crippen molar-refractivity contribution in [2.45, 2.75) is 47.5 Å². The van der Waals surface area contributed by atoms with E-state index in [1.165, 1.54) is 12.1 Å². The van der Waals surface area contributed by atoms with Gasteiger partial charge in [0, 0.05) is 24.0 Å². The maximum atomic E-state index is 12.6. The van der Waals surface area contributed by atoms with E-state index in [1.807, 2.05) is 46.8 Å². The van der Waals surface area contributed by atoms with Gasteiger partial charge >= 0.3 is 0 Å². The Morgan fingerprint density at radius 1 is 0.727 bits per heavy atom. The molecular weight excluding hydrogens is 424 g/mol. The smallest absolute Gasteiger partial charge is 0.269 e. The van der Waals surface area contributed by atoms with E-state index in [4.69, 9.17) is 14.2 Å². The summed E-state index contributed by atoms with van der Waals surface area (Å²) in [4.78, 5) is 37.1. The molecule has 8 nitrogen and oxygen atoms in total. The summed E-state index contributed by atoms with van der Waals surface area (Å²) < 4.78 is 16.8. The van der Waals surface area contributed by atoms with Crippen LogP contribution in [0.4, 0.5) is 0 Å². The minimum Gasteiger partial charge on any atom is -0.490 e. The average Bonchev–Trinajstić information content (AvgIpc) is 2.79. The fourth-order valence-electron chi connectivity index (χ4n) is 3.07. The zero-order valence-electron chi connectivity index (χ0n) is 19.9. The van der Waals surface area contributed by atoms with Crippen molar-refractivity contribution in [2.24, 2.45) is 0 Å². The molecule has 8 heteroatoms. The van der Waals surface area contributed by atoms with Crippen LogP contribution in [0.1, 0.15) is 65.5 Å².